The Morgan fingerprint density at radius 2 is 1.52 bits per heavy atom. The van der Waals surface area contributed by atoms with Crippen LogP contribution in [0.2, 0.25) is 0 Å². The summed E-state index contributed by atoms with van der Waals surface area (Å²) in [4.78, 5) is 23.1. The van der Waals surface area contributed by atoms with Gasteiger partial charge in [-0.05, 0) is 29.3 Å². The van der Waals surface area contributed by atoms with Crippen molar-refractivity contribution in [2.45, 2.75) is 0 Å². The molecule has 3 N–H and O–H groups in total. The number of carboxylic acid groups (broad SMARTS) is 1. The molecule has 1 aromatic heterocycles. The van der Waals surface area contributed by atoms with E-state index in [0.29, 0.717) is 11.3 Å². The predicted octanol–water partition coefficient (Wildman–Crippen LogP) is 2.59. The fourth-order valence-corrected chi connectivity index (χ4v) is 2.38. The quantitative estimate of drug-likeness (QED) is 0.728. The number of aromatic carboxylic acids is 1. The number of carbonyl (C=O) groups is 1. The standard InChI is InChI=1S/C18H14N2O3/c19-20-16(13-6-8-14(9-7-13)18(22)23)10-15(11-17(20)21)12-4-2-1-3-5-12/h1-11H,19H2,(H,22,23). The van der Waals surface area contributed by atoms with Crippen LogP contribution in [-0.4, -0.2) is 15.8 Å². The van der Waals surface area contributed by atoms with Crippen molar-refractivity contribution < 1.29 is 9.90 Å². The molecule has 0 fully saturated rings. The van der Waals surface area contributed by atoms with Crippen LogP contribution in [0.1, 0.15) is 10.4 Å². The van der Waals surface area contributed by atoms with Gasteiger partial charge in [0.1, 0.15) is 0 Å². The van der Waals surface area contributed by atoms with Crippen LogP contribution in [-0.2, 0) is 0 Å². The molecule has 0 amide bonds. The Balaban J connectivity index is 2.13. The van der Waals surface area contributed by atoms with Crippen LogP contribution in [0.25, 0.3) is 22.4 Å². The van der Waals surface area contributed by atoms with Crippen molar-refractivity contribution in [3.63, 3.8) is 0 Å². The average molecular weight is 306 g/mol. The Morgan fingerprint density at radius 1 is 0.870 bits per heavy atom. The molecule has 5 heteroatoms. The number of nitrogens with zero attached hydrogens (tertiary/aromatic N) is 1. The summed E-state index contributed by atoms with van der Waals surface area (Å²) in [6, 6.07) is 19.0. The number of rotatable bonds is 3. The number of nitrogens with two attached hydrogens (primary N) is 1. The van der Waals surface area contributed by atoms with Gasteiger partial charge in [0, 0.05) is 11.6 Å². The van der Waals surface area contributed by atoms with E-state index in [9.17, 15) is 9.59 Å². The monoisotopic (exact) mass is 306 g/mol. The van der Waals surface area contributed by atoms with Crippen LogP contribution in [0, 0.1) is 0 Å². The smallest absolute Gasteiger partial charge is 0.335 e. The van der Waals surface area contributed by atoms with Gasteiger partial charge in [0.15, 0.2) is 0 Å². The van der Waals surface area contributed by atoms with Gasteiger partial charge >= 0.3 is 5.97 Å². The van der Waals surface area contributed by atoms with Crippen molar-refractivity contribution in [3.8, 4) is 22.4 Å². The third kappa shape index (κ3) is 2.85. The van der Waals surface area contributed by atoms with Gasteiger partial charge in [-0.25, -0.2) is 9.47 Å². The van der Waals surface area contributed by atoms with E-state index in [1.54, 1.807) is 12.1 Å². The van der Waals surface area contributed by atoms with Gasteiger partial charge in [0.2, 0.25) is 0 Å². The Hall–Kier alpha value is -3.34. The summed E-state index contributed by atoms with van der Waals surface area (Å²) in [5.74, 6) is 4.85. The summed E-state index contributed by atoms with van der Waals surface area (Å²) in [5.41, 5.74) is 2.71. The van der Waals surface area contributed by atoms with Crippen molar-refractivity contribution in [1.29, 1.82) is 0 Å². The van der Waals surface area contributed by atoms with Gasteiger partial charge in [-0.3, -0.25) is 4.79 Å². The van der Waals surface area contributed by atoms with Gasteiger partial charge in [-0.1, -0.05) is 42.5 Å². The third-order valence-corrected chi connectivity index (χ3v) is 3.60. The lowest BCUT2D eigenvalue weighted by molar-refractivity contribution is 0.0697. The van der Waals surface area contributed by atoms with Crippen LogP contribution in [0.4, 0.5) is 0 Å². The molecule has 0 unspecified atom stereocenters. The number of nitrogen functional groups attached to an aromatic ring is 1. The number of benzene rings is 2. The molecule has 23 heavy (non-hydrogen) atoms. The summed E-state index contributed by atoms with van der Waals surface area (Å²) in [6.07, 6.45) is 0. The summed E-state index contributed by atoms with van der Waals surface area (Å²) >= 11 is 0. The van der Waals surface area contributed by atoms with E-state index in [-0.39, 0.29) is 11.1 Å². The van der Waals surface area contributed by atoms with E-state index in [2.05, 4.69) is 0 Å². The van der Waals surface area contributed by atoms with E-state index in [4.69, 9.17) is 10.9 Å². The van der Waals surface area contributed by atoms with E-state index in [1.165, 1.54) is 18.2 Å². The van der Waals surface area contributed by atoms with Crippen molar-refractivity contribution in [1.82, 2.24) is 4.68 Å². The van der Waals surface area contributed by atoms with Gasteiger partial charge < -0.3 is 10.9 Å². The molecule has 3 aromatic rings. The van der Waals surface area contributed by atoms with Crippen LogP contribution < -0.4 is 11.4 Å². The zero-order valence-corrected chi connectivity index (χ0v) is 12.1. The Kier molecular flexibility index (Phi) is 3.68. The molecular formula is C18H14N2O3. The minimum absolute atomic E-state index is 0.180. The molecule has 0 saturated carbocycles. The molecule has 1 heterocycles. The van der Waals surface area contributed by atoms with E-state index >= 15 is 0 Å². The predicted molar refractivity (Wildman–Crippen MR) is 88.7 cm³/mol. The fraction of sp³-hybridized carbons (Fsp3) is 0. The lowest BCUT2D eigenvalue weighted by Gasteiger charge is -2.11. The molecule has 0 aliphatic heterocycles. The molecule has 0 saturated heterocycles. The highest BCUT2D eigenvalue weighted by atomic mass is 16.4. The number of hydrogen-bond donors (Lipinski definition) is 2. The minimum atomic E-state index is -1.00. The van der Waals surface area contributed by atoms with Crippen LogP contribution in [0.15, 0.2) is 71.5 Å². The maximum atomic E-state index is 12.1. The second-order valence-electron chi connectivity index (χ2n) is 5.09. The zero-order valence-electron chi connectivity index (χ0n) is 12.1. The van der Waals surface area contributed by atoms with Crippen molar-refractivity contribution >= 4 is 5.97 Å². The second-order valence-corrected chi connectivity index (χ2v) is 5.09. The largest absolute Gasteiger partial charge is 0.478 e. The summed E-state index contributed by atoms with van der Waals surface area (Å²) in [7, 11) is 0. The number of carboxylic acids is 1. The highest BCUT2D eigenvalue weighted by Gasteiger charge is 2.09. The van der Waals surface area contributed by atoms with Crippen LogP contribution in [0.5, 0.6) is 0 Å². The van der Waals surface area contributed by atoms with Crippen molar-refractivity contribution in [2.24, 2.45) is 0 Å². The number of pyridine rings is 1. The maximum Gasteiger partial charge on any atom is 0.335 e. The maximum absolute atomic E-state index is 12.1. The summed E-state index contributed by atoms with van der Waals surface area (Å²) in [5, 5.41) is 8.96. The molecule has 0 atom stereocenters. The molecule has 5 nitrogen and oxygen atoms in total. The van der Waals surface area contributed by atoms with E-state index in [0.717, 1.165) is 15.8 Å². The molecule has 0 spiro atoms. The first kappa shape index (κ1) is 14.6. The lowest BCUT2D eigenvalue weighted by atomic mass is 10.0. The zero-order chi connectivity index (χ0) is 16.4. The molecule has 0 bridgehead atoms. The first-order valence-corrected chi connectivity index (χ1v) is 6.97. The molecule has 3 rings (SSSR count). The van der Waals surface area contributed by atoms with Crippen molar-refractivity contribution in [2.75, 3.05) is 5.84 Å². The normalized spacial score (nSPS) is 10.4. The first-order chi connectivity index (χ1) is 11.1. The number of hydrogen-bond acceptors (Lipinski definition) is 3. The first-order valence-electron chi connectivity index (χ1n) is 6.97. The molecule has 0 radical (unpaired) electrons. The molecule has 114 valence electrons. The second kappa shape index (κ2) is 5.81. The topological polar surface area (TPSA) is 85.3 Å². The Morgan fingerprint density at radius 3 is 2.13 bits per heavy atom. The van der Waals surface area contributed by atoms with Crippen LogP contribution in [0.3, 0.4) is 0 Å². The highest BCUT2D eigenvalue weighted by molar-refractivity contribution is 5.88. The Labute approximate surface area is 132 Å². The molecule has 0 aliphatic rings. The Bertz CT molecular complexity index is 913. The number of aromatic nitrogens is 1. The van der Waals surface area contributed by atoms with Gasteiger partial charge in [0.05, 0.1) is 11.3 Å². The van der Waals surface area contributed by atoms with E-state index in [1.807, 2.05) is 36.4 Å². The van der Waals surface area contributed by atoms with Crippen LogP contribution >= 0.6 is 0 Å². The lowest BCUT2D eigenvalue weighted by Crippen LogP contribution is -2.28. The molecular weight excluding hydrogens is 292 g/mol. The molecule has 0 aliphatic carbocycles. The van der Waals surface area contributed by atoms with Gasteiger partial charge in [-0.15, -0.1) is 0 Å². The molecule has 2 aromatic carbocycles. The third-order valence-electron chi connectivity index (χ3n) is 3.60. The summed E-state index contributed by atoms with van der Waals surface area (Å²) < 4.78 is 1.06. The summed E-state index contributed by atoms with van der Waals surface area (Å²) in [6.45, 7) is 0. The average Bonchev–Trinajstić information content (AvgIpc) is 2.58. The highest BCUT2D eigenvalue weighted by Crippen LogP contribution is 2.24. The minimum Gasteiger partial charge on any atom is -0.478 e. The fourth-order valence-electron chi connectivity index (χ4n) is 2.38. The van der Waals surface area contributed by atoms with Crippen molar-refractivity contribution in [3.05, 3.63) is 82.6 Å². The van der Waals surface area contributed by atoms with E-state index < -0.39 is 5.97 Å². The SMILES string of the molecule is Nn1c(-c2ccc(C(=O)O)cc2)cc(-c2ccccc2)cc1=O. The van der Waals surface area contributed by atoms with Gasteiger partial charge in [-0.2, -0.15) is 0 Å². The van der Waals surface area contributed by atoms with Gasteiger partial charge in [0.25, 0.3) is 5.56 Å².